The molecule has 0 bridgehead atoms. The monoisotopic (exact) mass is 526 g/mol. The normalized spacial score (nSPS) is 12.5. The van der Waals surface area contributed by atoms with Crippen LogP contribution in [-0.2, 0) is 34.6 Å². The molecule has 0 aliphatic rings. The minimum atomic E-state index is -1.81. The van der Waals surface area contributed by atoms with E-state index in [1.807, 2.05) is 36.0 Å². The Morgan fingerprint density at radius 3 is 2.42 bits per heavy atom. The predicted octanol–water partition coefficient (Wildman–Crippen LogP) is 0.872. The van der Waals surface area contributed by atoms with E-state index in [0.717, 1.165) is 18.8 Å². The van der Waals surface area contributed by atoms with Crippen molar-refractivity contribution in [2.75, 3.05) is 6.61 Å². The zero-order valence-electron chi connectivity index (χ0n) is 18.4. The van der Waals surface area contributed by atoms with Crippen LogP contribution in [0.2, 0.25) is 0 Å². The van der Waals surface area contributed by atoms with Gasteiger partial charge >= 0.3 is 5.97 Å². The predicted molar refractivity (Wildman–Crippen MR) is 124 cm³/mol. The molecule has 1 unspecified atom stereocenters. The molecule has 2 aromatic heterocycles. The van der Waals surface area contributed by atoms with Gasteiger partial charge in [-0.2, -0.15) is 0 Å². The lowest BCUT2D eigenvalue weighted by Crippen LogP contribution is -3.00. The Labute approximate surface area is 208 Å². The van der Waals surface area contributed by atoms with Crippen molar-refractivity contribution in [2.45, 2.75) is 32.0 Å². The van der Waals surface area contributed by atoms with Gasteiger partial charge in [-0.3, -0.25) is 0 Å². The number of aliphatic hydroxyl groups is 1. The van der Waals surface area contributed by atoms with Crippen molar-refractivity contribution in [3.63, 3.8) is 0 Å². The lowest BCUT2D eigenvalue weighted by molar-refractivity contribution is -0.702. The second kappa shape index (κ2) is 11.4. The molecule has 2 heterocycles. The Kier molecular flexibility index (Phi) is 8.61. The molecule has 4 rings (SSSR count). The van der Waals surface area contributed by atoms with E-state index in [4.69, 9.17) is 4.74 Å². The molecule has 0 saturated heterocycles. The molecule has 4 aromatic rings. The zero-order valence-corrected chi connectivity index (χ0v) is 20.8. The van der Waals surface area contributed by atoms with Crippen molar-refractivity contribution < 1.29 is 36.2 Å². The fraction of sp³-hybridized carbons (Fsp3) is 0.231. The van der Waals surface area contributed by atoms with Crippen LogP contribution in [0.3, 0.4) is 0 Å². The highest BCUT2D eigenvalue weighted by Crippen LogP contribution is 2.34. The summed E-state index contributed by atoms with van der Waals surface area (Å²) in [5.41, 5.74) is -0.00488. The molecule has 0 radical (unpaired) electrons. The third-order valence-corrected chi connectivity index (χ3v) is 6.65. The number of halogens is 1. The number of aryl methyl sites for hydroxylation is 2. The Balaban J connectivity index is 0.00000306. The Hall–Kier alpha value is -2.74. The number of carbonyl (C=O) groups excluding carboxylic acids is 1. The number of imidazole rings is 1. The standard InChI is InChI=1S/C26H27N2O3S.BrH/c1-21-27(15-14-22-9-4-2-5-10-22)16-17-28(21)18-19-31-25(29)26(30,24-13-8-20-32-24)23-11-6-3-7-12-23;/h2-13,16-17,20,30H,14-15,18-19H2,1H3;1H/q+1;/p-1. The van der Waals surface area contributed by atoms with Gasteiger partial charge in [-0.1, -0.05) is 66.7 Å². The minimum Gasteiger partial charge on any atom is -1.00 e. The van der Waals surface area contributed by atoms with E-state index in [1.54, 1.807) is 30.3 Å². The van der Waals surface area contributed by atoms with Crippen LogP contribution < -0.4 is 21.5 Å². The number of rotatable bonds is 9. The summed E-state index contributed by atoms with van der Waals surface area (Å²) in [5.74, 6) is 0.432. The van der Waals surface area contributed by atoms with Gasteiger partial charge < -0.3 is 26.8 Å². The molecule has 5 nitrogen and oxygen atoms in total. The Morgan fingerprint density at radius 2 is 1.76 bits per heavy atom. The molecule has 0 aliphatic carbocycles. The number of benzene rings is 2. The maximum atomic E-state index is 13.0. The fourth-order valence-electron chi connectivity index (χ4n) is 3.77. The van der Waals surface area contributed by atoms with Crippen molar-refractivity contribution in [2.24, 2.45) is 0 Å². The lowest BCUT2D eigenvalue weighted by Gasteiger charge is -2.25. The third-order valence-electron chi connectivity index (χ3n) is 5.67. The van der Waals surface area contributed by atoms with Crippen molar-refractivity contribution in [1.82, 2.24) is 4.57 Å². The number of hydrogen-bond acceptors (Lipinski definition) is 4. The van der Waals surface area contributed by atoms with Gasteiger partial charge in [0, 0.05) is 18.9 Å². The van der Waals surface area contributed by atoms with Crippen LogP contribution in [-0.4, -0.2) is 22.2 Å². The molecule has 172 valence electrons. The highest BCUT2D eigenvalue weighted by Gasteiger charge is 2.42. The molecule has 1 atom stereocenters. The van der Waals surface area contributed by atoms with Gasteiger partial charge in [0.1, 0.15) is 25.5 Å². The van der Waals surface area contributed by atoms with Gasteiger partial charge in [0.15, 0.2) is 0 Å². The number of esters is 1. The van der Waals surface area contributed by atoms with E-state index in [1.165, 1.54) is 16.9 Å². The molecule has 0 aliphatic heterocycles. The summed E-state index contributed by atoms with van der Waals surface area (Å²) >= 11 is 1.33. The molecule has 7 heteroatoms. The average Bonchev–Trinajstić information content (AvgIpc) is 3.49. The maximum Gasteiger partial charge on any atom is 0.348 e. The molecule has 1 N–H and O–H groups in total. The van der Waals surface area contributed by atoms with Gasteiger partial charge in [0.05, 0.1) is 11.4 Å². The molecular weight excluding hydrogens is 500 g/mol. The maximum absolute atomic E-state index is 13.0. The number of aromatic nitrogens is 2. The van der Waals surface area contributed by atoms with Crippen LogP contribution in [0, 0.1) is 6.92 Å². The van der Waals surface area contributed by atoms with Crippen LogP contribution in [0.1, 0.15) is 21.8 Å². The topological polar surface area (TPSA) is 55.3 Å². The van der Waals surface area contributed by atoms with Crippen molar-refractivity contribution in [1.29, 1.82) is 0 Å². The van der Waals surface area contributed by atoms with Gasteiger partial charge in [-0.15, -0.1) is 11.3 Å². The van der Waals surface area contributed by atoms with Gasteiger partial charge in [0.25, 0.3) is 5.82 Å². The molecular formula is C26H27BrN2O3S. The van der Waals surface area contributed by atoms with Crippen LogP contribution in [0.25, 0.3) is 0 Å². The largest absolute Gasteiger partial charge is 1.00 e. The summed E-state index contributed by atoms with van der Waals surface area (Å²) in [5, 5.41) is 13.2. The summed E-state index contributed by atoms with van der Waals surface area (Å²) in [6.07, 6.45) is 5.00. The zero-order chi connectivity index (χ0) is 22.4. The highest BCUT2D eigenvalue weighted by atomic mass is 79.9. The van der Waals surface area contributed by atoms with Crippen molar-refractivity contribution in [3.05, 3.63) is 112 Å². The first-order valence-electron chi connectivity index (χ1n) is 10.7. The molecule has 2 aromatic carbocycles. The molecule has 0 spiro atoms. The van der Waals surface area contributed by atoms with E-state index in [2.05, 4.69) is 40.3 Å². The van der Waals surface area contributed by atoms with E-state index < -0.39 is 11.6 Å². The second-order valence-electron chi connectivity index (χ2n) is 7.66. The number of nitrogens with zero attached hydrogens (tertiary/aromatic N) is 2. The molecule has 33 heavy (non-hydrogen) atoms. The van der Waals surface area contributed by atoms with Crippen molar-refractivity contribution in [3.8, 4) is 0 Å². The van der Waals surface area contributed by atoms with Crippen LogP contribution in [0.15, 0.2) is 90.6 Å². The van der Waals surface area contributed by atoms with Gasteiger partial charge in [-0.25, -0.2) is 13.9 Å². The van der Waals surface area contributed by atoms with Gasteiger partial charge in [0.2, 0.25) is 5.60 Å². The second-order valence-corrected chi connectivity index (χ2v) is 8.61. The first-order chi connectivity index (χ1) is 15.6. The quantitative estimate of drug-likeness (QED) is 0.260. The minimum absolute atomic E-state index is 0. The summed E-state index contributed by atoms with van der Waals surface area (Å²) < 4.78 is 9.83. The SMILES string of the molecule is Cc1n(CCOC(=O)C(O)(c2ccccc2)c2cccs2)cc[n+]1CCc1ccccc1.[Br-]. The number of hydrogen-bond donors (Lipinski definition) is 1. The van der Waals surface area contributed by atoms with E-state index in [9.17, 15) is 9.90 Å². The molecule has 0 amide bonds. The van der Waals surface area contributed by atoms with E-state index in [-0.39, 0.29) is 23.6 Å². The number of ether oxygens (including phenoxy) is 1. The first kappa shape index (κ1) is 24.9. The van der Waals surface area contributed by atoms with Crippen LogP contribution >= 0.6 is 11.3 Å². The Morgan fingerprint density at radius 1 is 1.06 bits per heavy atom. The van der Waals surface area contributed by atoms with E-state index in [0.29, 0.717) is 17.0 Å². The lowest BCUT2D eigenvalue weighted by atomic mass is 9.92. The molecule has 0 saturated carbocycles. The van der Waals surface area contributed by atoms with E-state index >= 15 is 0 Å². The van der Waals surface area contributed by atoms with Gasteiger partial charge in [-0.05, 0) is 17.0 Å². The smallest absolute Gasteiger partial charge is 0.348 e. The number of thiophene rings is 1. The first-order valence-corrected chi connectivity index (χ1v) is 11.5. The third kappa shape index (κ3) is 5.61. The van der Waals surface area contributed by atoms with Crippen LogP contribution in [0.4, 0.5) is 0 Å². The Bertz CT molecular complexity index is 1150. The summed E-state index contributed by atoms with van der Waals surface area (Å²) in [6, 6.07) is 22.9. The summed E-state index contributed by atoms with van der Waals surface area (Å²) in [4.78, 5) is 13.6. The highest BCUT2D eigenvalue weighted by molar-refractivity contribution is 7.10. The average molecular weight is 527 g/mol. The fourth-order valence-corrected chi connectivity index (χ4v) is 4.61. The summed E-state index contributed by atoms with van der Waals surface area (Å²) in [6.45, 7) is 3.63. The van der Waals surface area contributed by atoms with Crippen LogP contribution in [0.5, 0.6) is 0 Å². The molecule has 0 fully saturated rings. The van der Waals surface area contributed by atoms with Crippen molar-refractivity contribution >= 4 is 17.3 Å². The summed E-state index contributed by atoms with van der Waals surface area (Å²) in [7, 11) is 0. The number of carbonyl (C=O) groups is 1.